The molecule has 0 unspecified atom stereocenters. The van der Waals surface area contributed by atoms with Gasteiger partial charge >= 0.3 is 0 Å². The lowest BCUT2D eigenvalue weighted by atomic mass is 10.2. The van der Waals surface area contributed by atoms with Crippen molar-refractivity contribution >= 4 is 11.0 Å². The van der Waals surface area contributed by atoms with E-state index in [0.29, 0.717) is 0 Å². The smallest absolute Gasteiger partial charge is 0.134 e. The van der Waals surface area contributed by atoms with Gasteiger partial charge in [-0.2, -0.15) is 0 Å². The Kier molecular flexibility index (Phi) is 2.18. The van der Waals surface area contributed by atoms with Gasteiger partial charge in [0.25, 0.3) is 0 Å². The normalized spacial score (nSPS) is 10.8. The number of fused-ring (bicyclic) bond motifs is 1. The van der Waals surface area contributed by atoms with Gasteiger partial charge in [0.15, 0.2) is 0 Å². The molecule has 0 aliphatic rings. The van der Waals surface area contributed by atoms with Crippen LogP contribution in [0.5, 0.6) is 0 Å². The summed E-state index contributed by atoms with van der Waals surface area (Å²) in [5.74, 6) is 0.958. The standard InChI is InChI=1S/C14H11NO/c1-2-7-14-11(5-1)9-13(16-14)10-12-6-3-4-8-15-12/h1-9H,10H2. The van der Waals surface area contributed by atoms with Gasteiger partial charge in [0, 0.05) is 23.7 Å². The highest BCUT2D eigenvalue weighted by Crippen LogP contribution is 2.20. The van der Waals surface area contributed by atoms with Crippen molar-refractivity contribution in [1.82, 2.24) is 4.98 Å². The molecule has 2 heteroatoms. The Bertz CT molecular complexity index is 565. The van der Waals surface area contributed by atoms with Crippen LogP contribution in [0.2, 0.25) is 0 Å². The molecule has 0 aliphatic heterocycles. The average molecular weight is 209 g/mol. The lowest BCUT2D eigenvalue weighted by molar-refractivity contribution is 0.560. The second-order valence-electron chi connectivity index (χ2n) is 3.75. The van der Waals surface area contributed by atoms with E-state index in [-0.39, 0.29) is 0 Å². The first-order chi connectivity index (χ1) is 7.92. The van der Waals surface area contributed by atoms with Gasteiger partial charge in [-0.1, -0.05) is 24.3 Å². The lowest BCUT2D eigenvalue weighted by Gasteiger charge is -1.95. The summed E-state index contributed by atoms with van der Waals surface area (Å²) in [6.45, 7) is 0. The zero-order chi connectivity index (χ0) is 10.8. The molecule has 3 rings (SSSR count). The number of rotatable bonds is 2. The molecular weight excluding hydrogens is 198 g/mol. The number of pyridine rings is 1. The van der Waals surface area contributed by atoms with Crippen LogP contribution in [0.4, 0.5) is 0 Å². The fourth-order valence-electron chi connectivity index (χ4n) is 1.81. The van der Waals surface area contributed by atoms with Crippen molar-refractivity contribution in [3.05, 3.63) is 66.2 Å². The molecule has 0 amide bonds. The summed E-state index contributed by atoms with van der Waals surface area (Å²) in [7, 11) is 0. The number of para-hydroxylation sites is 1. The minimum Gasteiger partial charge on any atom is -0.461 e. The third kappa shape index (κ3) is 1.70. The van der Waals surface area contributed by atoms with E-state index in [2.05, 4.69) is 17.1 Å². The minimum atomic E-state index is 0.746. The summed E-state index contributed by atoms with van der Waals surface area (Å²) >= 11 is 0. The largest absolute Gasteiger partial charge is 0.461 e. The molecule has 0 saturated heterocycles. The Hall–Kier alpha value is -2.09. The second kappa shape index (κ2) is 3.81. The van der Waals surface area contributed by atoms with Crippen molar-refractivity contribution in [3.8, 4) is 0 Å². The van der Waals surface area contributed by atoms with Crippen LogP contribution in [0.1, 0.15) is 11.5 Å². The molecule has 2 heterocycles. The van der Waals surface area contributed by atoms with Gasteiger partial charge < -0.3 is 4.42 Å². The van der Waals surface area contributed by atoms with E-state index in [1.807, 2.05) is 36.4 Å². The van der Waals surface area contributed by atoms with Crippen LogP contribution in [0.15, 0.2) is 59.1 Å². The van der Waals surface area contributed by atoms with Crippen LogP contribution in [0.3, 0.4) is 0 Å². The van der Waals surface area contributed by atoms with E-state index in [1.54, 1.807) is 6.20 Å². The Morgan fingerprint density at radius 2 is 1.88 bits per heavy atom. The molecule has 0 bridgehead atoms. The fourth-order valence-corrected chi connectivity index (χ4v) is 1.81. The van der Waals surface area contributed by atoms with E-state index >= 15 is 0 Å². The van der Waals surface area contributed by atoms with Crippen LogP contribution in [0, 0.1) is 0 Å². The molecule has 3 aromatic rings. The number of furan rings is 1. The molecule has 0 spiro atoms. The summed E-state index contributed by atoms with van der Waals surface area (Å²) in [6.07, 6.45) is 2.55. The lowest BCUT2D eigenvalue weighted by Crippen LogP contribution is -1.88. The molecular formula is C14H11NO. The van der Waals surface area contributed by atoms with Crippen LogP contribution in [0.25, 0.3) is 11.0 Å². The Morgan fingerprint density at radius 1 is 1.00 bits per heavy atom. The van der Waals surface area contributed by atoms with Crippen LogP contribution < -0.4 is 0 Å². The third-order valence-corrected chi connectivity index (χ3v) is 2.56. The number of benzene rings is 1. The molecule has 0 N–H and O–H groups in total. The van der Waals surface area contributed by atoms with E-state index in [1.165, 1.54) is 0 Å². The zero-order valence-electron chi connectivity index (χ0n) is 8.76. The molecule has 1 aromatic carbocycles. The summed E-state index contributed by atoms with van der Waals surface area (Å²) in [6, 6.07) is 16.0. The zero-order valence-corrected chi connectivity index (χ0v) is 8.76. The van der Waals surface area contributed by atoms with E-state index in [0.717, 1.165) is 28.8 Å². The highest BCUT2D eigenvalue weighted by Gasteiger charge is 2.04. The van der Waals surface area contributed by atoms with Gasteiger partial charge in [-0.3, -0.25) is 4.98 Å². The molecule has 2 nitrogen and oxygen atoms in total. The fraction of sp³-hybridized carbons (Fsp3) is 0.0714. The van der Waals surface area contributed by atoms with E-state index < -0.39 is 0 Å². The van der Waals surface area contributed by atoms with Crippen molar-refractivity contribution in [2.24, 2.45) is 0 Å². The first kappa shape index (κ1) is 9.16. The van der Waals surface area contributed by atoms with Crippen molar-refractivity contribution in [1.29, 1.82) is 0 Å². The van der Waals surface area contributed by atoms with Crippen LogP contribution in [-0.2, 0) is 6.42 Å². The molecule has 0 saturated carbocycles. The molecule has 0 atom stereocenters. The maximum atomic E-state index is 5.73. The maximum absolute atomic E-state index is 5.73. The number of hydrogen-bond acceptors (Lipinski definition) is 2. The average Bonchev–Trinajstić information content (AvgIpc) is 2.72. The van der Waals surface area contributed by atoms with Crippen LogP contribution in [-0.4, -0.2) is 4.98 Å². The van der Waals surface area contributed by atoms with Crippen molar-refractivity contribution in [2.75, 3.05) is 0 Å². The monoisotopic (exact) mass is 209 g/mol. The molecule has 0 aliphatic carbocycles. The van der Waals surface area contributed by atoms with Gasteiger partial charge in [0.05, 0.1) is 0 Å². The van der Waals surface area contributed by atoms with Crippen LogP contribution >= 0.6 is 0 Å². The molecule has 2 aromatic heterocycles. The number of hydrogen-bond donors (Lipinski definition) is 0. The molecule has 0 fully saturated rings. The molecule has 78 valence electrons. The van der Waals surface area contributed by atoms with Crippen molar-refractivity contribution in [2.45, 2.75) is 6.42 Å². The molecule has 0 radical (unpaired) electrons. The van der Waals surface area contributed by atoms with Gasteiger partial charge in [0.1, 0.15) is 11.3 Å². The summed E-state index contributed by atoms with van der Waals surface area (Å²) in [4.78, 5) is 4.28. The van der Waals surface area contributed by atoms with Gasteiger partial charge in [-0.15, -0.1) is 0 Å². The summed E-state index contributed by atoms with van der Waals surface area (Å²) in [5.41, 5.74) is 1.97. The quantitative estimate of drug-likeness (QED) is 0.646. The first-order valence-corrected chi connectivity index (χ1v) is 5.29. The minimum absolute atomic E-state index is 0.746. The highest BCUT2D eigenvalue weighted by atomic mass is 16.3. The third-order valence-electron chi connectivity index (χ3n) is 2.56. The summed E-state index contributed by atoms with van der Waals surface area (Å²) in [5, 5.41) is 1.15. The number of nitrogens with zero attached hydrogens (tertiary/aromatic N) is 1. The summed E-state index contributed by atoms with van der Waals surface area (Å²) < 4.78 is 5.73. The Labute approximate surface area is 93.5 Å². The van der Waals surface area contributed by atoms with Gasteiger partial charge in [-0.05, 0) is 24.3 Å². The topological polar surface area (TPSA) is 26.0 Å². The van der Waals surface area contributed by atoms with Gasteiger partial charge in [0.2, 0.25) is 0 Å². The maximum Gasteiger partial charge on any atom is 0.134 e. The second-order valence-corrected chi connectivity index (χ2v) is 3.75. The number of aromatic nitrogens is 1. The highest BCUT2D eigenvalue weighted by molar-refractivity contribution is 5.77. The predicted octanol–water partition coefficient (Wildman–Crippen LogP) is 3.42. The van der Waals surface area contributed by atoms with Crippen molar-refractivity contribution < 1.29 is 4.42 Å². The van der Waals surface area contributed by atoms with Crippen molar-refractivity contribution in [3.63, 3.8) is 0 Å². The van der Waals surface area contributed by atoms with E-state index in [4.69, 9.17) is 4.42 Å². The Balaban J connectivity index is 1.95. The molecule has 16 heavy (non-hydrogen) atoms. The predicted molar refractivity (Wildman–Crippen MR) is 63.3 cm³/mol. The SMILES string of the molecule is c1ccc(Cc2cc3ccccc3o2)nc1. The van der Waals surface area contributed by atoms with E-state index in [9.17, 15) is 0 Å². The van der Waals surface area contributed by atoms with Gasteiger partial charge in [-0.25, -0.2) is 0 Å². The Morgan fingerprint density at radius 3 is 2.69 bits per heavy atom. The first-order valence-electron chi connectivity index (χ1n) is 5.29.